The lowest BCUT2D eigenvalue weighted by molar-refractivity contribution is 0.211. The first-order chi connectivity index (χ1) is 7.78. The van der Waals surface area contributed by atoms with E-state index in [1.54, 1.807) is 0 Å². The Morgan fingerprint density at radius 1 is 1.31 bits per heavy atom. The third kappa shape index (κ3) is 3.19. The standard InChI is InChI=1S/C14H20OS/c1-2-13-7-8-14(16-13)10-11-5-3-4-6-12(15)9-11/h7-9,12,15H,2-6,10H2,1H3. The summed E-state index contributed by atoms with van der Waals surface area (Å²) in [6.07, 6.45) is 8.54. The Labute approximate surface area is 102 Å². The molecule has 1 aliphatic carbocycles. The molecule has 1 unspecified atom stereocenters. The normalized spacial score (nSPS) is 21.6. The monoisotopic (exact) mass is 236 g/mol. The van der Waals surface area contributed by atoms with Crippen LogP contribution in [0.2, 0.25) is 0 Å². The van der Waals surface area contributed by atoms with Crippen molar-refractivity contribution in [2.24, 2.45) is 0 Å². The zero-order valence-corrected chi connectivity index (χ0v) is 10.7. The number of rotatable bonds is 3. The summed E-state index contributed by atoms with van der Waals surface area (Å²) in [5.41, 5.74) is 1.43. The van der Waals surface area contributed by atoms with Crippen LogP contribution in [0.4, 0.5) is 0 Å². The predicted octanol–water partition coefficient (Wildman–Crippen LogP) is 3.71. The van der Waals surface area contributed by atoms with E-state index in [1.807, 2.05) is 11.3 Å². The first-order valence-corrected chi connectivity index (χ1v) is 7.05. The van der Waals surface area contributed by atoms with Crippen molar-refractivity contribution in [2.45, 2.75) is 51.6 Å². The summed E-state index contributed by atoms with van der Waals surface area (Å²) < 4.78 is 0. The molecule has 0 bridgehead atoms. The highest BCUT2D eigenvalue weighted by Crippen LogP contribution is 2.25. The van der Waals surface area contributed by atoms with Gasteiger partial charge >= 0.3 is 0 Å². The molecule has 2 rings (SSSR count). The number of allylic oxidation sites excluding steroid dienone is 1. The second-order valence-electron chi connectivity index (χ2n) is 4.54. The average Bonchev–Trinajstić information content (AvgIpc) is 2.62. The first kappa shape index (κ1) is 11.9. The molecule has 0 fully saturated rings. The van der Waals surface area contributed by atoms with Crippen molar-refractivity contribution in [2.75, 3.05) is 0 Å². The van der Waals surface area contributed by atoms with Crippen molar-refractivity contribution in [3.63, 3.8) is 0 Å². The van der Waals surface area contributed by atoms with E-state index in [0.717, 1.165) is 32.1 Å². The third-order valence-electron chi connectivity index (χ3n) is 3.14. The molecule has 1 heterocycles. The number of aryl methyl sites for hydroxylation is 1. The van der Waals surface area contributed by atoms with Gasteiger partial charge in [0.2, 0.25) is 0 Å². The zero-order chi connectivity index (χ0) is 11.4. The van der Waals surface area contributed by atoms with Crippen molar-refractivity contribution in [3.05, 3.63) is 33.5 Å². The van der Waals surface area contributed by atoms with Gasteiger partial charge in [0.15, 0.2) is 0 Å². The highest BCUT2D eigenvalue weighted by atomic mass is 32.1. The molecule has 1 aromatic heterocycles. The van der Waals surface area contributed by atoms with Crippen LogP contribution in [0, 0.1) is 0 Å². The van der Waals surface area contributed by atoms with Crippen molar-refractivity contribution in [1.29, 1.82) is 0 Å². The number of hydrogen-bond acceptors (Lipinski definition) is 2. The van der Waals surface area contributed by atoms with Crippen LogP contribution in [0.25, 0.3) is 0 Å². The van der Waals surface area contributed by atoms with Crippen molar-refractivity contribution < 1.29 is 5.11 Å². The summed E-state index contributed by atoms with van der Waals surface area (Å²) in [7, 11) is 0. The summed E-state index contributed by atoms with van der Waals surface area (Å²) >= 11 is 1.91. The molecular formula is C14H20OS. The van der Waals surface area contributed by atoms with Gasteiger partial charge in [-0.2, -0.15) is 0 Å². The minimum atomic E-state index is -0.205. The molecule has 2 heteroatoms. The molecule has 0 aromatic carbocycles. The van der Waals surface area contributed by atoms with Gasteiger partial charge in [-0.3, -0.25) is 0 Å². The molecule has 1 nitrogen and oxygen atoms in total. The zero-order valence-electron chi connectivity index (χ0n) is 9.91. The maximum atomic E-state index is 9.72. The molecule has 0 amide bonds. The summed E-state index contributed by atoms with van der Waals surface area (Å²) in [6.45, 7) is 2.20. The van der Waals surface area contributed by atoms with Gasteiger partial charge in [-0.15, -0.1) is 11.3 Å². The Balaban J connectivity index is 2.02. The van der Waals surface area contributed by atoms with Crippen LogP contribution < -0.4 is 0 Å². The molecular weight excluding hydrogens is 216 g/mol. The van der Waals surface area contributed by atoms with Crippen LogP contribution >= 0.6 is 11.3 Å². The van der Waals surface area contributed by atoms with Gasteiger partial charge in [0.05, 0.1) is 6.10 Å². The molecule has 0 spiro atoms. The van der Waals surface area contributed by atoms with E-state index >= 15 is 0 Å². The first-order valence-electron chi connectivity index (χ1n) is 6.23. The number of aliphatic hydroxyl groups is 1. The molecule has 88 valence electrons. The van der Waals surface area contributed by atoms with Gasteiger partial charge < -0.3 is 5.11 Å². The summed E-state index contributed by atoms with van der Waals surface area (Å²) in [5.74, 6) is 0. The van der Waals surface area contributed by atoms with Crippen LogP contribution in [0.15, 0.2) is 23.8 Å². The van der Waals surface area contributed by atoms with Crippen molar-refractivity contribution >= 4 is 11.3 Å². The molecule has 1 N–H and O–H groups in total. The maximum Gasteiger partial charge on any atom is 0.0723 e. The van der Waals surface area contributed by atoms with E-state index in [9.17, 15) is 5.11 Å². The molecule has 0 saturated carbocycles. The predicted molar refractivity (Wildman–Crippen MR) is 70.0 cm³/mol. The quantitative estimate of drug-likeness (QED) is 0.793. The fourth-order valence-electron chi connectivity index (χ4n) is 2.22. The lowest BCUT2D eigenvalue weighted by atomic mass is 10.1. The maximum absolute atomic E-state index is 9.72. The molecule has 0 radical (unpaired) electrons. The molecule has 0 aliphatic heterocycles. The van der Waals surface area contributed by atoms with E-state index in [0.29, 0.717) is 0 Å². The van der Waals surface area contributed by atoms with Gasteiger partial charge in [0, 0.05) is 16.2 Å². The van der Waals surface area contributed by atoms with E-state index in [-0.39, 0.29) is 6.10 Å². The molecule has 16 heavy (non-hydrogen) atoms. The Kier molecular flexibility index (Phi) is 4.19. The molecule has 1 aromatic rings. The van der Waals surface area contributed by atoms with E-state index < -0.39 is 0 Å². The van der Waals surface area contributed by atoms with E-state index in [2.05, 4.69) is 25.1 Å². The van der Waals surface area contributed by atoms with Crippen molar-refractivity contribution in [3.8, 4) is 0 Å². The summed E-state index contributed by atoms with van der Waals surface area (Å²) in [5, 5.41) is 9.72. The van der Waals surface area contributed by atoms with Crippen LogP contribution in [0.5, 0.6) is 0 Å². The van der Waals surface area contributed by atoms with Crippen LogP contribution in [-0.2, 0) is 12.8 Å². The largest absolute Gasteiger partial charge is 0.389 e. The highest BCUT2D eigenvalue weighted by molar-refractivity contribution is 7.12. The second kappa shape index (κ2) is 5.65. The van der Waals surface area contributed by atoms with Gasteiger partial charge in [0.25, 0.3) is 0 Å². The van der Waals surface area contributed by atoms with Gasteiger partial charge in [-0.05, 0) is 37.8 Å². The number of aliphatic hydroxyl groups excluding tert-OH is 1. The topological polar surface area (TPSA) is 20.2 Å². The van der Waals surface area contributed by atoms with Crippen LogP contribution in [0.1, 0.15) is 42.4 Å². The third-order valence-corrected chi connectivity index (χ3v) is 4.37. The SMILES string of the molecule is CCc1ccc(CC2=CC(O)CCCC2)s1. The molecule has 1 aliphatic rings. The minimum absolute atomic E-state index is 0.205. The summed E-state index contributed by atoms with van der Waals surface area (Å²) in [4.78, 5) is 2.90. The molecule has 1 atom stereocenters. The van der Waals surface area contributed by atoms with Crippen LogP contribution in [0.3, 0.4) is 0 Å². The van der Waals surface area contributed by atoms with Gasteiger partial charge in [-0.25, -0.2) is 0 Å². The Morgan fingerprint density at radius 3 is 2.88 bits per heavy atom. The Hall–Kier alpha value is -0.600. The molecule has 0 saturated heterocycles. The second-order valence-corrected chi connectivity index (χ2v) is 5.79. The van der Waals surface area contributed by atoms with Gasteiger partial charge in [0.1, 0.15) is 0 Å². The average molecular weight is 236 g/mol. The fraction of sp³-hybridized carbons (Fsp3) is 0.571. The lowest BCUT2D eigenvalue weighted by Gasteiger charge is -2.04. The Bertz CT molecular complexity index is 365. The van der Waals surface area contributed by atoms with Crippen molar-refractivity contribution in [1.82, 2.24) is 0 Å². The van der Waals surface area contributed by atoms with E-state index in [4.69, 9.17) is 0 Å². The number of hydrogen-bond donors (Lipinski definition) is 1. The number of thiophene rings is 1. The Morgan fingerprint density at radius 2 is 2.12 bits per heavy atom. The smallest absolute Gasteiger partial charge is 0.0723 e. The summed E-state index contributed by atoms with van der Waals surface area (Å²) in [6, 6.07) is 4.47. The van der Waals surface area contributed by atoms with Crippen LogP contribution in [-0.4, -0.2) is 11.2 Å². The fourth-order valence-corrected chi connectivity index (χ4v) is 3.23. The lowest BCUT2D eigenvalue weighted by Crippen LogP contribution is -2.00. The highest BCUT2D eigenvalue weighted by Gasteiger charge is 2.10. The minimum Gasteiger partial charge on any atom is -0.389 e. The van der Waals surface area contributed by atoms with Gasteiger partial charge in [-0.1, -0.05) is 25.0 Å². The van der Waals surface area contributed by atoms with E-state index in [1.165, 1.54) is 21.7 Å².